The van der Waals surface area contributed by atoms with E-state index in [-0.39, 0.29) is 0 Å². The quantitative estimate of drug-likeness (QED) is 0.379. The highest BCUT2D eigenvalue weighted by molar-refractivity contribution is 7.99. The number of hydrogen-bond acceptors (Lipinski definition) is 4. The third-order valence-electron chi connectivity index (χ3n) is 2.19. The van der Waals surface area contributed by atoms with Crippen LogP contribution in [0.15, 0.2) is 17.3 Å². The second kappa shape index (κ2) is 6.18. The third-order valence-corrected chi connectivity index (χ3v) is 3.20. The normalized spacial score (nSPS) is 11.2. The maximum atomic E-state index is 4.43. The van der Waals surface area contributed by atoms with Crippen molar-refractivity contribution in [3.05, 3.63) is 29.1 Å². The average molecular weight is 240 g/mol. The van der Waals surface area contributed by atoms with E-state index in [1.807, 2.05) is 19.9 Å². The summed E-state index contributed by atoms with van der Waals surface area (Å²) in [7, 11) is 0. The summed E-state index contributed by atoms with van der Waals surface area (Å²) in [6, 6.07) is 0. The molecule has 0 unspecified atom stereocenters. The van der Waals surface area contributed by atoms with E-state index in [1.165, 1.54) is 5.56 Å². The Kier molecular flexibility index (Phi) is 5.19. The molecule has 0 aromatic carbocycles. The first-order valence-corrected chi connectivity index (χ1v) is 6.47. The van der Waals surface area contributed by atoms with Crippen molar-refractivity contribution in [2.45, 2.75) is 25.9 Å². The van der Waals surface area contributed by atoms with Crippen LogP contribution in [0, 0.1) is 20.8 Å². The van der Waals surface area contributed by atoms with Gasteiger partial charge in [0.1, 0.15) is 0 Å². The first kappa shape index (κ1) is 12.6. The van der Waals surface area contributed by atoms with Crippen LogP contribution in [0.3, 0.4) is 0 Å². The first-order valence-electron chi connectivity index (χ1n) is 4.85. The zero-order valence-corrected chi connectivity index (χ0v) is 11.0. The molecule has 0 N–H and O–H groups in total. The van der Waals surface area contributed by atoms with Gasteiger partial charge in [0.05, 0.1) is 0 Å². The second-order valence-corrected chi connectivity index (χ2v) is 4.62. The maximum Gasteiger partial charge on any atom is 0.188 e. The van der Waals surface area contributed by atoms with Crippen molar-refractivity contribution in [3.8, 4) is 0 Å². The Bertz CT molecular complexity index is 339. The van der Waals surface area contributed by atoms with Gasteiger partial charge in [-0.15, -0.1) is 0 Å². The first-order chi connectivity index (χ1) is 7.15. The minimum Gasteiger partial charge on any atom is -0.228 e. The number of aryl methyl sites for hydroxylation is 2. The fourth-order valence-corrected chi connectivity index (χ4v) is 2.00. The fraction of sp³-hybridized carbons (Fsp3) is 0.455. The van der Waals surface area contributed by atoms with E-state index in [4.69, 9.17) is 0 Å². The number of rotatable bonds is 4. The van der Waals surface area contributed by atoms with Crippen LogP contribution < -0.4 is 0 Å². The molecule has 0 radical (unpaired) electrons. The SMILES string of the molecule is Cc1nc(SCC=CCS)nc(C)c1C. The van der Waals surface area contributed by atoms with E-state index in [1.54, 1.807) is 11.8 Å². The minimum atomic E-state index is 0.785. The monoisotopic (exact) mass is 240 g/mol. The molecular weight excluding hydrogens is 224 g/mol. The molecule has 0 aliphatic heterocycles. The topological polar surface area (TPSA) is 25.8 Å². The lowest BCUT2D eigenvalue weighted by Gasteiger charge is -2.05. The molecule has 0 spiro atoms. The Morgan fingerprint density at radius 2 is 1.73 bits per heavy atom. The number of thioether (sulfide) groups is 1. The van der Waals surface area contributed by atoms with E-state index < -0.39 is 0 Å². The molecule has 0 aliphatic carbocycles. The zero-order valence-electron chi connectivity index (χ0n) is 9.32. The van der Waals surface area contributed by atoms with E-state index in [0.717, 1.165) is 28.0 Å². The lowest BCUT2D eigenvalue weighted by atomic mass is 10.2. The summed E-state index contributed by atoms with van der Waals surface area (Å²) in [4.78, 5) is 8.86. The number of nitrogens with zero attached hydrogens (tertiary/aromatic N) is 2. The highest BCUT2D eigenvalue weighted by Crippen LogP contribution is 2.16. The minimum absolute atomic E-state index is 0.785. The van der Waals surface area contributed by atoms with E-state index in [0.29, 0.717) is 0 Å². The largest absolute Gasteiger partial charge is 0.228 e. The highest BCUT2D eigenvalue weighted by Gasteiger charge is 2.03. The zero-order chi connectivity index (χ0) is 11.3. The summed E-state index contributed by atoms with van der Waals surface area (Å²) in [5.74, 6) is 1.69. The fourth-order valence-electron chi connectivity index (χ4n) is 1.07. The summed E-state index contributed by atoms with van der Waals surface area (Å²) in [5, 5.41) is 0.861. The van der Waals surface area contributed by atoms with Gasteiger partial charge in [-0.05, 0) is 26.3 Å². The Morgan fingerprint density at radius 1 is 1.13 bits per heavy atom. The van der Waals surface area contributed by atoms with Crippen LogP contribution in [-0.2, 0) is 0 Å². The predicted molar refractivity (Wildman–Crippen MR) is 70.0 cm³/mol. The van der Waals surface area contributed by atoms with Gasteiger partial charge in [-0.25, -0.2) is 9.97 Å². The van der Waals surface area contributed by atoms with Crippen molar-refractivity contribution in [3.63, 3.8) is 0 Å². The van der Waals surface area contributed by atoms with E-state index >= 15 is 0 Å². The van der Waals surface area contributed by atoms with Gasteiger partial charge >= 0.3 is 0 Å². The van der Waals surface area contributed by atoms with Crippen LogP contribution in [0.1, 0.15) is 17.0 Å². The van der Waals surface area contributed by atoms with Crippen molar-refractivity contribution in [2.24, 2.45) is 0 Å². The number of aromatic nitrogens is 2. The standard InChI is InChI=1S/C11H16N2S2/c1-8-9(2)12-11(13-10(8)3)15-7-5-4-6-14/h4-5,14H,6-7H2,1-3H3. The highest BCUT2D eigenvalue weighted by atomic mass is 32.2. The summed E-state index contributed by atoms with van der Waals surface area (Å²) in [6.07, 6.45) is 4.12. The predicted octanol–water partition coefficient (Wildman–Crippen LogP) is 2.98. The van der Waals surface area contributed by atoms with Gasteiger partial charge < -0.3 is 0 Å². The van der Waals surface area contributed by atoms with E-state index in [2.05, 4.69) is 35.6 Å². The molecule has 0 saturated carbocycles. The molecule has 1 rings (SSSR count). The molecular formula is C11H16N2S2. The Balaban J connectivity index is 2.66. The van der Waals surface area contributed by atoms with Crippen LogP contribution in [0.4, 0.5) is 0 Å². The van der Waals surface area contributed by atoms with Crippen molar-refractivity contribution in [1.82, 2.24) is 9.97 Å². The third kappa shape index (κ3) is 3.87. The molecule has 0 amide bonds. The summed E-state index contributed by atoms with van der Waals surface area (Å²) >= 11 is 5.75. The number of thiol groups is 1. The molecule has 0 saturated heterocycles. The molecule has 15 heavy (non-hydrogen) atoms. The Morgan fingerprint density at radius 3 is 2.27 bits per heavy atom. The average Bonchev–Trinajstić information content (AvgIpc) is 2.21. The van der Waals surface area contributed by atoms with Crippen molar-refractivity contribution in [2.75, 3.05) is 11.5 Å². The summed E-state index contributed by atoms with van der Waals surface area (Å²) in [6.45, 7) is 6.11. The molecule has 0 aliphatic rings. The van der Waals surface area contributed by atoms with Gasteiger partial charge in [0.15, 0.2) is 5.16 Å². The Hall–Kier alpha value is -0.480. The lowest BCUT2D eigenvalue weighted by Crippen LogP contribution is -1.98. The molecule has 82 valence electrons. The van der Waals surface area contributed by atoms with Gasteiger partial charge in [0.2, 0.25) is 0 Å². The molecule has 1 aromatic rings. The lowest BCUT2D eigenvalue weighted by molar-refractivity contribution is 0.882. The second-order valence-electron chi connectivity index (χ2n) is 3.27. The number of hydrogen-bond donors (Lipinski definition) is 1. The molecule has 4 heteroatoms. The smallest absolute Gasteiger partial charge is 0.188 e. The van der Waals surface area contributed by atoms with Crippen molar-refractivity contribution in [1.29, 1.82) is 0 Å². The van der Waals surface area contributed by atoms with Gasteiger partial charge in [-0.1, -0.05) is 23.9 Å². The van der Waals surface area contributed by atoms with Crippen LogP contribution in [-0.4, -0.2) is 21.5 Å². The van der Waals surface area contributed by atoms with Crippen LogP contribution in [0.5, 0.6) is 0 Å². The van der Waals surface area contributed by atoms with Crippen LogP contribution >= 0.6 is 24.4 Å². The molecule has 2 nitrogen and oxygen atoms in total. The van der Waals surface area contributed by atoms with E-state index in [9.17, 15) is 0 Å². The van der Waals surface area contributed by atoms with Crippen molar-refractivity contribution < 1.29 is 0 Å². The van der Waals surface area contributed by atoms with Gasteiger partial charge in [0, 0.05) is 22.9 Å². The molecule has 1 aromatic heterocycles. The summed E-state index contributed by atoms with van der Waals surface area (Å²) in [5.41, 5.74) is 3.33. The Labute approximate surface area is 101 Å². The van der Waals surface area contributed by atoms with Crippen LogP contribution in [0.2, 0.25) is 0 Å². The van der Waals surface area contributed by atoms with Gasteiger partial charge in [0.25, 0.3) is 0 Å². The summed E-state index contributed by atoms with van der Waals surface area (Å²) < 4.78 is 0. The maximum absolute atomic E-state index is 4.43. The van der Waals surface area contributed by atoms with Crippen molar-refractivity contribution >= 4 is 24.4 Å². The van der Waals surface area contributed by atoms with Gasteiger partial charge in [-0.2, -0.15) is 12.6 Å². The molecule has 0 atom stereocenters. The molecule has 1 heterocycles. The molecule has 0 bridgehead atoms. The van der Waals surface area contributed by atoms with Crippen LogP contribution in [0.25, 0.3) is 0 Å². The molecule has 0 fully saturated rings. The van der Waals surface area contributed by atoms with Gasteiger partial charge in [-0.3, -0.25) is 0 Å².